The topological polar surface area (TPSA) is 87.4 Å². The van der Waals surface area contributed by atoms with Gasteiger partial charge < -0.3 is 15.5 Å². The van der Waals surface area contributed by atoms with Gasteiger partial charge in [-0.1, -0.05) is 0 Å². The van der Waals surface area contributed by atoms with Crippen LogP contribution in [0.4, 0.5) is 0 Å². The molecule has 0 spiro atoms. The summed E-state index contributed by atoms with van der Waals surface area (Å²) in [6, 6.07) is 0.242. The Morgan fingerprint density at radius 1 is 1.57 bits per heavy atom. The van der Waals surface area contributed by atoms with E-state index >= 15 is 0 Å². The number of likely N-dealkylation sites (N-methyl/N-ethyl adjacent to an activating group) is 1. The Hall–Kier alpha value is -2.12. The smallest absolute Gasteiger partial charge is 0.243 e. The summed E-state index contributed by atoms with van der Waals surface area (Å²) >= 11 is 0. The third-order valence-electron chi connectivity index (χ3n) is 3.36. The Labute approximate surface area is 124 Å². The molecule has 0 saturated carbocycles. The van der Waals surface area contributed by atoms with E-state index in [1.54, 1.807) is 20.4 Å². The Bertz CT molecular complexity index is 508. The highest BCUT2D eigenvalue weighted by molar-refractivity contribution is 5.84. The molecule has 0 radical (unpaired) electrons. The van der Waals surface area contributed by atoms with Crippen molar-refractivity contribution >= 4 is 11.9 Å². The van der Waals surface area contributed by atoms with E-state index in [-0.39, 0.29) is 18.5 Å². The maximum Gasteiger partial charge on any atom is 0.243 e. The molecule has 2 heterocycles. The summed E-state index contributed by atoms with van der Waals surface area (Å²) in [5.41, 5.74) is 0. The first-order valence-corrected chi connectivity index (χ1v) is 7.21. The zero-order valence-electron chi connectivity index (χ0n) is 12.8. The molecule has 2 rings (SSSR count). The highest BCUT2D eigenvalue weighted by atomic mass is 16.2. The van der Waals surface area contributed by atoms with Gasteiger partial charge in [0.05, 0.1) is 6.54 Å². The van der Waals surface area contributed by atoms with Crippen LogP contribution in [0, 0.1) is 0 Å². The lowest BCUT2D eigenvalue weighted by Crippen LogP contribution is -2.47. The number of hydrogen-bond acceptors (Lipinski definition) is 4. The van der Waals surface area contributed by atoms with E-state index in [9.17, 15) is 4.79 Å². The quantitative estimate of drug-likeness (QED) is 0.562. The van der Waals surface area contributed by atoms with Crippen molar-refractivity contribution in [2.45, 2.75) is 32.4 Å². The average Bonchev–Trinajstić information content (AvgIpc) is 2.92. The second-order valence-electron chi connectivity index (χ2n) is 5.22. The fraction of sp³-hybridized carbons (Fsp3) is 0.692. The molecular formula is C13H23N7O. The summed E-state index contributed by atoms with van der Waals surface area (Å²) in [6.45, 7) is 3.66. The van der Waals surface area contributed by atoms with Crippen molar-refractivity contribution in [3.8, 4) is 0 Å². The highest BCUT2D eigenvalue weighted by Crippen LogP contribution is 2.11. The Balaban J connectivity index is 1.94. The lowest BCUT2D eigenvalue weighted by atomic mass is 10.1. The minimum Gasteiger partial charge on any atom is -0.357 e. The number of nitrogens with zero attached hydrogens (tertiary/aromatic N) is 5. The van der Waals surface area contributed by atoms with Crippen LogP contribution in [0.3, 0.4) is 0 Å². The summed E-state index contributed by atoms with van der Waals surface area (Å²) in [5, 5.41) is 10.7. The van der Waals surface area contributed by atoms with Gasteiger partial charge in [0.1, 0.15) is 18.7 Å². The van der Waals surface area contributed by atoms with Gasteiger partial charge >= 0.3 is 0 Å². The molecule has 0 saturated heterocycles. The first-order valence-electron chi connectivity index (χ1n) is 7.21. The van der Waals surface area contributed by atoms with E-state index < -0.39 is 0 Å². The van der Waals surface area contributed by atoms with Crippen molar-refractivity contribution in [2.75, 3.05) is 27.2 Å². The monoisotopic (exact) mass is 293 g/mol. The van der Waals surface area contributed by atoms with Crippen molar-refractivity contribution in [1.29, 1.82) is 0 Å². The number of carbonyl (C=O) groups is 1. The number of guanidine groups is 1. The number of rotatable bonds is 4. The van der Waals surface area contributed by atoms with Crippen LogP contribution in [-0.2, 0) is 17.8 Å². The van der Waals surface area contributed by atoms with Crippen LogP contribution in [-0.4, -0.2) is 64.8 Å². The molecule has 1 amide bonds. The molecule has 1 atom stereocenters. The molecule has 0 bridgehead atoms. The third-order valence-corrected chi connectivity index (χ3v) is 3.36. The van der Waals surface area contributed by atoms with Gasteiger partial charge in [-0.15, -0.1) is 0 Å². The van der Waals surface area contributed by atoms with Gasteiger partial charge in [0.25, 0.3) is 0 Å². The Kier molecular flexibility index (Phi) is 5.13. The molecule has 1 aliphatic rings. The third kappa shape index (κ3) is 4.17. The van der Waals surface area contributed by atoms with Gasteiger partial charge in [-0.3, -0.25) is 4.79 Å². The number of amides is 1. The molecule has 8 heteroatoms. The molecule has 1 aliphatic heterocycles. The number of hydrogen-bond donors (Lipinski definition) is 2. The SMILES string of the molecule is CCNC(=NCC(=O)N(C)C)NC1CCc2ncnn2C1. The maximum absolute atomic E-state index is 11.6. The van der Waals surface area contributed by atoms with E-state index in [1.165, 1.54) is 4.90 Å². The van der Waals surface area contributed by atoms with Crippen LogP contribution in [0.5, 0.6) is 0 Å². The molecule has 1 aromatic rings. The standard InChI is InChI=1S/C13H23N7O/c1-4-14-13(15-7-12(21)19(2)3)18-10-5-6-11-16-9-17-20(11)8-10/h9-10H,4-8H2,1-3H3,(H2,14,15,18). The van der Waals surface area contributed by atoms with Gasteiger partial charge in [0.15, 0.2) is 5.96 Å². The number of aryl methyl sites for hydroxylation is 1. The van der Waals surface area contributed by atoms with Crippen molar-refractivity contribution in [3.05, 3.63) is 12.2 Å². The van der Waals surface area contributed by atoms with Crippen molar-refractivity contribution in [3.63, 3.8) is 0 Å². The predicted molar refractivity (Wildman–Crippen MR) is 79.9 cm³/mol. The lowest BCUT2D eigenvalue weighted by molar-refractivity contribution is -0.127. The van der Waals surface area contributed by atoms with Gasteiger partial charge in [-0.25, -0.2) is 14.7 Å². The van der Waals surface area contributed by atoms with Gasteiger partial charge in [0.2, 0.25) is 5.91 Å². The molecule has 0 fully saturated rings. The van der Waals surface area contributed by atoms with Crippen LogP contribution < -0.4 is 10.6 Å². The van der Waals surface area contributed by atoms with E-state index in [0.29, 0.717) is 5.96 Å². The minimum atomic E-state index is -0.0191. The molecule has 2 N–H and O–H groups in total. The Morgan fingerprint density at radius 3 is 3.10 bits per heavy atom. The summed E-state index contributed by atoms with van der Waals surface area (Å²) in [7, 11) is 3.46. The fourth-order valence-electron chi connectivity index (χ4n) is 2.16. The number of fused-ring (bicyclic) bond motifs is 1. The zero-order valence-corrected chi connectivity index (χ0v) is 12.8. The van der Waals surface area contributed by atoms with Crippen molar-refractivity contribution in [1.82, 2.24) is 30.3 Å². The number of aliphatic imine (C=N–C) groups is 1. The summed E-state index contributed by atoms with van der Waals surface area (Å²) < 4.78 is 1.91. The largest absolute Gasteiger partial charge is 0.357 e. The Morgan fingerprint density at radius 2 is 2.38 bits per heavy atom. The van der Waals surface area contributed by atoms with Crippen LogP contribution in [0.1, 0.15) is 19.2 Å². The predicted octanol–water partition coefficient (Wildman–Crippen LogP) is -0.764. The van der Waals surface area contributed by atoms with Crippen molar-refractivity contribution in [2.24, 2.45) is 4.99 Å². The summed E-state index contributed by atoms with van der Waals surface area (Å²) in [5.74, 6) is 1.67. The molecular weight excluding hydrogens is 270 g/mol. The second kappa shape index (κ2) is 7.05. The zero-order chi connectivity index (χ0) is 15.2. The second-order valence-corrected chi connectivity index (χ2v) is 5.22. The lowest BCUT2D eigenvalue weighted by Gasteiger charge is -2.25. The fourth-order valence-corrected chi connectivity index (χ4v) is 2.16. The van der Waals surface area contributed by atoms with Crippen LogP contribution >= 0.6 is 0 Å². The molecule has 21 heavy (non-hydrogen) atoms. The van der Waals surface area contributed by atoms with Gasteiger partial charge in [-0.05, 0) is 13.3 Å². The number of carbonyl (C=O) groups excluding carboxylic acids is 1. The first-order chi connectivity index (χ1) is 10.1. The molecule has 1 unspecified atom stereocenters. The minimum absolute atomic E-state index is 0.0191. The summed E-state index contributed by atoms with van der Waals surface area (Å²) in [4.78, 5) is 21.7. The number of nitrogens with one attached hydrogen (secondary N) is 2. The molecule has 0 aromatic carbocycles. The average molecular weight is 293 g/mol. The summed E-state index contributed by atoms with van der Waals surface area (Å²) in [6.07, 6.45) is 3.46. The highest BCUT2D eigenvalue weighted by Gasteiger charge is 2.20. The molecule has 8 nitrogen and oxygen atoms in total. The van der Waals surface area contributed by atoms with E-state index in [4.69, 9.17) is 0 Å². The van der Waals surface area contributed by atoms with Crippen LogP contribution in [0.2, 0.25) is 0 Å². The maximum atomic E-state index is 11.6. The van der Waals surface area contributed by atoms with Gasteiger partial charge in [-0.2, -0.15) is 5.10 Å². The molecule has 1 aromatic heterocycles. The molecule has 116 valence electrons. The van der Waals surface area contributed by atoms with Crippen LogP contribution in [0.15, 0.2) is 11.3 Å². The van der Waals surface area contributed by atoms with E-state index in [0.717, 1.165) is 31.8 Å². The number of aromatic nitrogens is 3. The van der Waals surface area contributed by atoms with E-state index in [2.05, 4.69) is 25.7 Å². The molecule has 0 aliphatic carbocycles. The van der Waals surface area contributed by atoms with Gasteiger partial charge in [0, 0.05) is 33.1 Å². The van der Waals surface area contributed by atoms with E-state index in [1.807, 2.05) is 11.6 Å². The van der Waals surface area contributed by atoms with Crippen molar-refractivity contribution < 1.29 is 4.79 Å². The normalized spacial score (nSPS) is 18.0. The first kappa shape index (κ1) is 15.3. The van der Waals surface area contributed by atoms with Crippen LogP contribution in [0.25, 0.3) is 0 Å².